The molecule has 0 aromatic heterocycles. The summed E-state index contributed by atoms with van der Waals surface area (Å²) in [6.07, 6.45) is 14.7. The van der Waals surface area contributed by atoms with Crippen molar-refractivity contribution >= 4 is 0 Å². The quantitative estimate of drug-likeness (QED) is 0.374. The van der Waals surface area contributed by atoms with E-state index in [0.29, 0.717) is 0 Å². The summed E-state index contributed by atoms with van der Waals surface area (Å²) in [5.41, 5.74) is 0. The average Bonchev–Trinajstić information content (AvgIpc) is 2.16. The fourth-order valence-corrected chi connectivity index (χ4v) is 2.41. The first-order chi connectivity index (χ1) is 6.41. The molecular formula is C12H25Zn. The van der Waals surface area contributed by atoms with Crippen molar-refractivity contribution in [3.63, 3.8) is 0 Å². The van der Waals surface area contributed by atoms with E-state index in [1.165, 1.54) is 87.5 Å². The molecule has 13 heavy (non-hydrogen) atoms. The molecule has 0 N–H and O–H groups in total. The fourth-order valence-electron chi connectivity index (χ4n) is 1.66. The minimum atomic E-state index is 1.38. The molecule has 0 amide bonds. The molecule has 0 aromatic carbocycles. The van der Waals surface area contributed by atoms with Crippen LogP contribution in [0.3, 0.4) is 0 Å². The van der Waals surface area contributed by atoms with Crippen LogP contribution in [0.4, 0.5) is 0 Å². The van der Waals surface area contributed by atoms with E-state index in [2.05, 4.69) is 6.92 Å². The van der Waals surface area contributed by atoms with E-state index in [1.54, 1.807) is 0 Å². The molecule has 0 bridgehead atoms. The van der Waals surface area contributed by atoms with E-state index in [9.17, 15) is 0 Å². The Balaban J connectivity index is 2.76. The van der Waals surface area contributed by atoms with Gasteiger partial charge in [-0.15, -0.1) is 0 Å². The predicted molar refractivity (Wildman–Crippen MR) is 56.7 cm³/mol. The summed E-state index contributed by atoms with van der Waals surface area (Å²) in [4.78, 5) is 0. The van der Waals surface area contributed by atoms with E-state index in [0.717, 1.165) is 0 Å². The zero-order valence-corrected chi connectivity index (χ0v) is 12.5. The van der Waals surface area contributed by atoms with E-state index in [-0.39, 0.29) is 0 Å². The van der Waals surface area contributed by atoms with Crippen molar-refractivity contribution in [2.24, 2.45) is 0 Å². The van der Waals surface area contributed by atoms with Crippen LogP contribution < -0.4 is 0 Å². The monoisotopic (exact) mass is 233 g/mol. The second-order valence-corrected chi connectivity index (χ2v) is 5.52. The fraction of sp³-hybridized carbons (Fsp3) is 1.00. The van der Waals surface area contributed by atoms with Crippen molar-refractivity contribution in [2.75, 3.05) is 0 Å². The molecule has 1 heteroatoms. The zero-order valence-electron chi connectivity index (χ0n) is 9.49. The summed E-state index contributed by atoms with van der Waals surface area (Å²) in [6, 6.07) is 0. The second kappa shape index (κ2) is 12.6. The van der Waals surface area contributed by atoms with Gasteiger partial charge in [-0.05, 0) is 0 Å². The molecule has 0 fully saturated rings. The van der Waals surface area contributed by atoms with Crippen LogP contribution in [0.1, 0.15) is 71.1 Å². The van der Waals surface area contributed by atoms with Gasteiger partial charge in [-0.25, -0.2) is 0 Å². The molecule has 0 atom stereocenters. The van der Waals surface area contributed by atoms with E-state index in [4.69, 9.17) is 0 Å². The Bertz CT molecular complexity index is 71.2. The van der Waals surface area contributed by atoms with Crippen LogP contribution in [0.5, 0.6) is 0 Å². The van der Waals surface area contributed by atoms with Crippen LogP contribution in [0.15, 0.2) is 0 Å². The maximum absolute atomic E-state index is 2.29. The molecule has 0 radical (unpaired) electrons. The topological polar surface area (TPSA) is 0 Å². The summed E-state index contributed by atoms with van der Waals surface area (Å²) < 4.78 is 0. The Labute approximate surface area is 94.6 Å². The Morgan fingerprint density at radius 1 is 0.615 bits per heavy atom. The SMILES string of the molecule is CCCCCCCCCCC[CH2][Zn]. The summed E-state index contributed by atoms with van der Waals surface area (Å²) in [5.74, 6) is 0. The molecule has 0 saturated heterocycles. The first kappa shape index (κ1) is 13.6. The van der Waals surface area contributed by atoms with Gasteiger partial charge in [-0.2, -0.15) is 0 Å². The van der Waals surface area contributed by atoms with Crippen LogP contribution in [-0.4, -0.2) is 0 Å². The maximum atomic E-state index is 2.29. The Morgan fingerprint density at radius 2 is 1.00 bits per heavy atom. The summed E-state index contributed by atoms with van der Waals surface area (Å²) in [5, 5.41) is 1.50. The normalized spacial score (nSPS) is 10.7. The third kappa shape index (κ3) is 12.6. The first-order valence-corrected chi connectivity index (χ1v) is 8.31. The van der Waals surface area contributed by atoms with E-state index >= 15 is 0 Å². The predicted octanol–water partition coefficient (Wildman–Crippen LogP) is 4.87. The van der Waals surface area contributed by atoms with Crippen LogP contribution in [0, 0.1) is 0 Å². The third-order valence-corrected chi connectivity index (χ3v) is 3.65. The van der Waals surface area contributed by atoms with Crippen molar-refractivity contribution in [1.29, 1.82) is 0 Å². The summed E-state index contributed by atoms with van der Waals surface area (Å²) in [6.45, 7) is 2.29. The van der Waals surface area contributed by atoms with Gasteiger partial charge in [0.15, 0.2) is 0 Å². The van der Waals surface area contributed by atoms with Gasteiger partial charge in [-0.1, -0.05) is 0 Å². The third-order valence-electron chi connectivity index (χ3n) is 2.60. The molecule has 0 heterocycles. The number of rotatable bonds is 10. The van der Waals surface area contributed by atoms with Crippen molar-refractivity contribution in [3.8, 4) is 0 Å². The Hall–Kier alpha value is 0.623. The number of unbranched alkanes of at least 4 members (excludes halogenated alkanes) is 9. The molecule has 0 aliphatic carbocycles. The molecule has 0 saturated carbocycles. The number of hydrogen-bond donors (Lipinski definition) is 0. The molecule has 0 nitrogen and oxygen atoms in total. The molecular weight excluding hydrogens is 210 g/mol. The molecule has 0 spiro atoms. The van der Waals surface area contributed by atoms with Gasteiger partial charge >= 0.3 is 94.4 Å². The van der Waals surface area contributed by atoms with Crippen LogP contribution >= 0.6 is 0 Å². The second-order valence-electron chi connectivity index (χ2n) is 4.04. The van der Waals surface area contributed by atoms with Gasteiger partial charge in [-0.3, -0.25) is 0 Å². The average molecular weight is 235 g/mol. The zero-order chi connectivity index (χ0) is 9.78. The molecule has 0 aliphatic rings. The van der Waals surface area contributed by atoms with Crippen molar-refractivity contribution in [3.05, 3.63) is 0 Å². The van der Waals surface area contributed by atoms with Gasteiger partial charge in [0.25, 0.3) is 0 Å². The molecule has 0 aliphatic heterocycles. The molecule has 75 valence electrons. The Morgan fingerprint density at radius 3 is 1.38 bits per heavy atom. The number of hydrogen-bond acceptors (Lipinski definition) is 0. The molecule has 0 rings (SSSR count). The van der Waals surface area contributed by atoms with Crippen molar-refractivity contribution in [2.45, 2.75) is 76.1 Å². The van der Waals surface area contributed by atoms with Crippen LogP contribution in [0.25, 0.3) is 0 Å². The summed E-state index contributed by atoms with van der Waals surface area (Å²) in [7, 11) is 0. The minimum absolute atomic E-state index is 1.38. The van der Waals surface area contributed by atoms with Gasteiger partial charge in [0.05, 0.1) is 0 Å². The standard InChI is InChI=1S/C12H25.Zn/c1-3-5-7-9-11-12-10-8-6-4-2;/h1,3-12H2,2H3;. The van der Waals surface area contributed by atoms with Gasteiger partial charge in [0, 0.05) is 0 Å². The summed E-state index contributed by atoms with van der Waals surface area (Å²) >= 11 is 1.50. The molecule has 0 aromatic rings. The molecule has 0 unspecified atom stereocenters. The van der Waals surface area contributed by atoms with Crippen molar-refractivity contribution < 1.29 is 18.3 Å². The van der Waals surface area contributed by atoms with Gasteiger partial charge in [0.1, 0.15) is 0 Å². The van der Waals surface area contributed by atoms with Crippen LogP contribution in [0.2, 0.25) is 5.02 Å². The van der Waals surface area contributed by atoms with Gasteiger partial charge in [0.2, 0.25) is 0 Å². The van der Waals surface area contributed by atoms with Crippen molar-refractivity contribution in [1.82, 2.24) is 0 Å². The van der Waals surface area contributed by atoms with E-state index in [1.807, 2.05) is 0 Å². The first-order valence-electron chi connectivity index (χ1n) is 6.21. The Kier molecular flexibility index (Phi) is 13.2. The van der Waals surface area contributed by atoms with Gasteiger partial charge < -0.3 is 0 Å². The van der Waals surface area contributed by atoms with Crippen LogP contribution in [-0.2, 0) is 18.3 Å². The van der Waals surface area contributed by atoms with E-state index < -0.39 is 0 Å².